The minimum absolute atomic E-state index is 0.0773. The maximum absolute atomic E-state index is 11.3. The van der Waals surface area contributed by atoms with E-state index >= 15 is 0 Å². The molecule has 1 aliphatic rings. The molecule has 1 amide bonds. The summed E-state index contributed by atoms with van der Waals surface area (Å²) in [4.78, 5) is 11.3. The van der Waals surface area contributed by atoms with Crippen LogP contribution < -0.4 is 10.6 Å². The molecule has 1 aromatic heterocycles. The number of carbonyl (C=O) groups is 1. The molecule has 2 rings (SSSR count). The smallest absolute Gasteiger partial charge is 0.234 e. The van der Waals surface area contributed by atoms with Crippen LogP contribution in [0.4, 0.5) is 0 Å². The van der Waals surface area contributed by atoms with Crippen LogP contribution in [0.25, 0.3) is 0 Å². The molecular weight excluding hydrogens is 192 g/mol. The normalized spacial score (nSPS) is 15.3. The molecule has 5 heteroatoms. The van der Waals surface area contributed by atoms with Gasteiger partial charge in [0.05, 0.1) is 12.2 Å². The Labute approximate surface area is 88.8 Å². The van der Waals surface area contributed by atoms with Crippen molar-refractivity contribution in [2.45, 2.75) is 25.4 Å². The fraction of sp³-hybridized carbons (Fsp3) is 0.600. The van der Waals surface area contributed by atoms with Crippen LogP contribution in [0.2, 0.25) is 0 Å². The van der Waals surface area contributed by atoms with Gasteiger partial charge in [0.2, 0.25) is 5.91 Å². The average Bonchev–Trinajstić information content (AvgIpc) is 2.89. The van der Waals surface area contributed by atoms with Crippen molar-refractivity contribution in [1.82, 2.24) is 20.4 Å². The zero-order chi connectivity index (χ0) is 10.7. The summed E-state index contributed by atoms with van der Waals surface area (Å²) in [7, 11) is 1.88. The van der Waals surface area contributed by atoms with Crippen LogP contribution in [0.1, 0.15) is 18.5 Å². The van der Waals surface area contributed by atoms with Crippen LogP contribution in [0, 0.1) is 0 Å². The SMILES string of the molecule is Cn1ccc(CNCC(=O)NC2CC2)n1. The Kier molecular flexibility index (Phi) is 3.01. The summed E-state index contributed by atoms with van der Waals surface area (Å²) < 4.78 is 1.75. The van der Waals surface area contributed by atoms with E-state index in [1.165, 1.54) is 0 Å². The van der Waals surface area contributed by atoms with Gasteiger partial charge >= 0.3 is 0 Å². The number of rotatable bonds is 5. The van der Waals surface area contributed by atoms with Gasteiger partial charge < -0.3 is 10.6 Å². The predicted molar refractivity (Wildman–Crippen MR) is 56.1 cm³/mol. The lowest BCUT2D eigenvalue weighted by Crippen LogP contribution is -2.34. The van der Waals surface area contributed by atoms with Crippen LogP contribution in [-0.4, -0.2) is 28.3 Å². The van der Waals surface area contributed by atoms with Crippen LogP contribution in [0.3, 0.4) is 0 Å². The van der Waals surface area contributed by atoms with Crippen LogP contribution in [0.5, 0.6) is 0 Å². The number of hydrogen-bond donors (Lipinski definition) is 2. The number of carbonyl (C=O) groups excluding carboxylic acids is 1. The van der Waals surface area contributed by atoms with Gasteiger partial charge in [-0.15, -0.1) is 0 Å². The number of aromatic nitrogens is 2. The Morgan fingerprint density at radius 2 is 2.47 bits per heavy atom. The first kappa shape index (κ1) is 10.2. The Balaban J connectivity index is 1.63. The van der Waals surface area contributed by atoms with Crippen molar-refractivity contribution in [3.05, 3.63) is 18.0 Å². The minimum Gasteiger partial charge on any atom is -0.352 e. The highest BCUT2D eigenvalue weighted by Crippen LogP contribution is 2.18. The van der Waals surface area contributed by atoms with Gasteiger partial charge in [0.15, 0.2) is 0 Å². The number of nitrogens with one attached hydrogen (secondary N) is 2. The molecular formula is C10H16N4O. The molecule has 82 valence electrons. The van der Waals surface area contributed by atoms with Gasteiger partial charge in [-0.3, -0.25) is 9.48 Å². The molecule has 5 nitrogen and oxygen atoms in total. The van der Waals surface area contributed by atoms with E-state index in [1.807, 2.05) is 19.3 Å². The van der Waals surface area contributed by atoms with Crippen molar-refractivity contribution in [1.29, 1.82) is 0 Å². The van der Waals surface area contributed by atoms with Gasteiger partial charge in [-0.2, -0.15) is 5.10 Å². The highest BCUT2D eigenvalue weighted by Gasteiger charge is 2.22. The van der Waals surface area contributed by atoms with Crippen molar-refractivity contribution >= 4 is 5.91 Å². The number of aryl methyl sites for hydroxylation is 1. The predicted octanol–water partition coefficient (Wildman–Crippen LogP) is -0.212. The molecule has 15 heavy (non-hydrogen) atoms. The molecule has 0 atom stereocenters. The van der Waals surface area contributed by atoms with E-state index in [1.54, 1.807) is 4.68 Å². The van der Waals surface area contributed by atoms with Crippen LogP contribution in [0.15, 0.2) is 12.3 Å². The summed E-state index contributed by atoms with van der Waals surface area (Å²) in [6, 6.07) is 2.38. The largest absolute Gasteiger partial charge is 0.352 e. The van der Waals surface area contributed by atoms with E-state index in [0.717, 1.165) is 18.5 Å². The molecule has 1 aromatic rings. The lowest BCUT2D eigenvalue weighted by atomic mass is 10.4. The summed E-state index contributed by atoms with van der Waals surface area (Å²) in [5.74, 6) is 0.0773. The molecule has 2 N–H and O–H groups in total. The molecule has 0 aromatic carbocycles. The highest BCUT2D eigenvalue weighted by atomic mass is 16.2. The summed E-state index contributed by atoms with van der Waals surface area (Å²) in [6.45, 7) is 1.01. The second-order valence-electron chi connectivity index (χ2n) is 3.93. The number of amides is 1. The molecule has 0 unspecified atom stereocenters. The van der Waals surface area contributed by atoms with Gasteiger partial charge in [-0.05, 0) is 18.9 Å². The van der Waals surface area contributed by atoms with Gasteiger partial charge in [0, 0.05) is 25.8 Å². The van der Waals surface area contributed by atoms with Gasteiger partial charge in [0.1, 0.15) is 0 Å². The Hall–Kier alpha value is -1.36. The third-order valence-corrected chi connectivity index (χ3v) is 2.30. The standard InChI is InChI=1S/C10H16N4O/c1-14-5-4-9(13-14)6-11-7-10(15)12-8-2-3-8/h4-5,8,11H,2-3,6-7H2,1H3,(H,12,15). The van der Waals surface area contributed by atoms with Crippen molar-refractivity contribution in [3.8, 4) is 0 Å². The van der Waals surface area contributed by atoms with E-state index in [0.29, 0.717) is 19.1 Å². The van der Waals surface area contributed by atoms with Crippen LogP contribution >= 0.6 is 0 Å². The monoisotopic (exact) mass is 208 g/mol. The Morgan fingerprint density at radius 3 is 3.07 bits per heavy atom. The third-order valence-electron chi connectivity index (χ3n) is 2.30. The molecule has 1 aliphatic carbocycles. The van der Waals surface area contributed by atoms with E-state index < -0.39 is 0 Å². The quantitative estimate of drug-likeness (QED) is 0.704. The zero-order valence-corrected chi connectivity index (χ0v) is 8.86. The first-order valence-electron chi connectivity index (χ1n) is 5.22. The third kappa shape index (κ3) is 3.36. The van der Waals surface area contributed by atoms with E-state index in [2.05, 4.69) is 15.7 Å². The molecule has 0 bridgehead atoms. The van der Waals surface area contributed by atoms with Crippen molar-refractivity contribution in [2.24, 2.45) is 7.05 Å². The second-order valence-corrected chi connectivity index (χ2v) is 3.93. The van der Waals surface area contributed by atoms with Crippen LogP contribution in [-0.2, 0) is 18.4 Å². The Morgan fingerprint density at radius 1 is 1.67 bits per heavy atom. The lowest BCUT2D eigenvalue weighted by Gasteiger charge is -2.03. The zero-order valence-electron chi connectivity index (χ0n) is 8.86. The highest BCUT2D eigenvalue weighted by molar-refractivity contribution is 5.78. The number of nitrogens with zero attached hydrogens (tertiary/aromatic N) is 2. The molecule has 1 saturated carbocycles. The van der Waals surface area contributed by atoms with Crippen molar-refractivity contribution in [2.75, 3.05) is 6.54 Å². The maximum atomic E-state index is 11.3. The molecule has 1 heterocycles. The van der Waals surface area contributed by atoms with Crippen molar-refractivity contribution < 1.29 is 4.79 Å². The average molecular weight is 208 g/mol. The summed E-state index contributed by atoms with van der Waals surface area (Å²) in [6.07, 6.45) is 4.15. The van der Waals surface area contributed by atoms with E-state index in [9.17, 15) is 4.79 Å². The first-order valence-corrected chi connectivity index (χ1v) is 5.22. The topological polar surface area (TPSA) is 59.0 Å². The number of hydrogen-bond acceptors (Lipinski definition) is 3. The molecule has 1 fully saturated rings. The molecule has 0 spiro atoms. The lowest BCUT2D eigenvalue weighted by molar-refractivity contribution is -0.120. The van der Waals surface area contributed by atoms with Gasteiger partial charge in [0.25, 0.3) is 0 Å². The maximum Gasteiger partial charge on any atom is 0.234 e. The van der Waals surface area contributed by atoms with Gasteiger partial charge in [-0.25, -0.2) is 0 Å². The van der Waals surface area contributed by atoms with E-state index in [-0.39, 0.29) is 5.91 Å². The summed E-state index contributed by atoms with van der Waals surface area (Å²) in [5.41, 5.74) is 0.955. The Bertz CT molecular complexity index is 343. The van der Waals surface area contributed by atoms with Gasteiger partial charge in [-0.1, -0.05) is 0 Å². The molecule has 0 aliphatic heterocycles. The fourth-order valence-electron chi connectivity index (χ4n) is 1.37. The van der Waals surface area contributed by atoms with E-state index in [4.69, 9.17) is 0 Å². The summed E-state index contributed by atoms with van der Waals surface area (Å²) >= 11 is 0. The van der Waals surface area contributed by atoms with Crippen molar-refractivity contribution in [3.63, 3.8) is 0 Å². The minimum atomic E-state index is 0.0773. The fourth-order valence-corrected chi connectivity index (χ4v) is 1.37. The summed E-state index contributed by atoms with van der Waals surface area (Å²) in [5, 5.41) is 10.2. The second kappa shape index (κ2) is 4.44. The molecule has 0 radical (unpaired) electrons. The first-order chi connectivity index (χ1) is 7.24. The molecule has 0 saturated heterocycles.